The molecule has 1 saturated heterocycles. The number of pyridine rings is 1. The van der Waals surface area contributed by atoms with Gasteiger partial charge in [-0.05, 0) is 6.07 Å². The van der Waals surface area contributed by atoms with Gasteiger partial charge in [0.25, 0.3) is 5.91 Å². The van der Waals surface area contributed by atoms with Crippen molar-refractivity contribution in [2.75, 3.05) is 32.1 Å². The van der Waals surface area contributed by atoms with Crippen LogP contribution in [0.3, 0.4) is 0 Å². The van der Waals surface area contributed by atoms with Crippen molar-refractivity contribution in [2.45, 2.75) is 0 Å². The molecule has 0 atom stereocenters. The Hall–Kier alpha value is -2.22. The van der Waals surface area contributed by atoms with Crippen LogP contribution in [0, 0.1) is 5.82 Å². The zero-order valence-electron chi connectivity index (χ0n) is 10.4. The molecule has 0 saturated carbocycles. The molecule has 0 unspecified atom stereocenters. The lowest BCUT2D eigenvalue weighted by Gasteiger charge is -2.32. The summed E-state index contributed by atoms with van der Waals surface area (Å²) in [6.45, 7) is 0.746. The lowest BCUT2D eigenvalue weighted by atomic mass is 10.2. The highest BCUT2D eigenvalue weighted by Crippen LogP contribution is 2.17. The lowest BCUT2D eigenvalue weighted by molar-refractivity contribution is -0.133. The monoisotopic (exact) mass is 267 g/mol. The molecule has 7 nitrogen and oxygen atoms in total. The highest BCUT2D eigenvalue weighted by atomic mass is 19.1. The van der Waals surface area contributed by atoms with Crippen LogP contribution in [0.2, 0.25) is 0 Å². The van der Waals surface area contributed by atoms with E-state index in [4.69, 9.17) is 5.84 Å². The number of aromatic nitrogens is 1. The Kier molecular flexibility index (Phi) is 3.61. The molecule has 2 rings (SSSR count). The third-order valence-corrected chi connectivity index (χ3v) is 3.00. The second-order valence-electron chi connectivity index (χ2n) is 4.21. The first kappa shape index (κ1) is 13.2. The number of carbonyl (C=O) groups is 2. The Morgan fingerprint density at radius 1 is 1.53 bits per heavy atom. The van der Waals surface area contributed by atoms with E-state index in [2.05, 4.69) is 10.4 Å². The molecule has 0 spiro atoms. The average Bonchev–Trinajstić information content (AvgIpc) is 2.41. The number of amides is 2. The molecule has 102 valence electrons. The van der Waals surface area contributed by atoms with Crippen molar-refractivity contribution >= 4 is 17.6 Å². The number of carbonyl (C=O) groups excluding carboxylic acids is 2. The Balaban J connectivity index is 2.23. The fourth-order valence-electron chi connectivity index (χ4n) is 1.81. The number of nitrogen functional groups attached to an aromatic ring is 1. The SMILES string of the molecule is CN1CCN(C(=O)c2ccnc(NN)c2F)CC1=O. The number of likely N-dealkylation sites (N-methyl/N-ethyl adjacent to an activating group) is 1. The molecular weight excluding hydrogens is 253 g/mol. The van der Waals surface area contributed by atoms with Crippen LogP contribution in [0.25, 0.3) is 0 Å². The third kappa shape index (κ3) is 2.48. The second kappa shape index (κ2) is 5.19. The van der Waals surface area contributed by atoms with Crippen molar-refractivity contribution in [1.82, 2.24) is 14.8 Å². The summed E-state index contributed by atoms with van der Waals surface area (Å²) in [5.41, 5.74) is 1.92. The van der Waals surface area contributed by atoms with Crippen molar-refractivity contribution < 1.29 is 14.0 Å². The fraction of sp³-hybridized carbons (Fsp3) is 0.364. The summed E-state index contributed by atoms with van der Waals surface area (Å²) in [6.07, 6.45) is 1.28. The van der Waals surface area contributed by atoms with E-state index in [1.165, 1.54) is 22.1 Å². The quantitative estimate of drug-likeness (QED) is 0.552. The molecule has 3 N–H and O–H groups in total. The first-order chi connectivity index (χ1) is 9.04. The van der Waals surface area contributed by atoms with Crippen LogP contribution in [0.4, 0.5) is 10.2 Å². The summed E-state index contributed by atoms with van der Waals surface area (Å²) in [7, 11) is 1.66. The average molecular weight is 267 g/mol. The topological polar surface area (TPSA) is 91.6 Å². The van der Waals surface area contributed by atoms with Crippen LogP contribution >= 0.6 is 0 Å². The Bertz CT molecular complexity index is 522. The lowest BCUT2D eigenvalue weighted by Crippen LogP contribution is -2.50. The molecule has 2 heterocycles. The molecule has 1 fully saturated rings. The van der Waals surface area contributed by atoms with Crippen molar-refractivity contribution in [3.63, 3.8) is 0 Å². The molecule has 8 heteroatoms. The van der Waals surface area contributed by atoms with Crippen LogP contribution < -0.4 is 11.3 Å². The summed E-state index contributed by atoms with van der Waals surface area (Å²) in [5, 5.41) is 0. The highest BCUT2D eigenvalue weighted by molar-refractivity contribution is 5.97. The number of rotatable bonds is 2. The standard InChI is InChI=1S/C11H14FN5O2/c1-16-4-5-17(6-8(16)18)11(19)7-2-3-14-10(15-13)9(7)12/h2-3H,4-6,13H2,1H3,(H,14,15). The van der Waals surface area contributed by atoms with Crippen LogP contribution in [-0.4, -0.2) is 53.3 Å². The summed E-state index contributed by atoms with van der Waals surface area (Å²) in [4.78, 5) is 30.2. The number of nitrogens with two attached hydrogens (primary N) is 1. The van der Waals surface area contributed by atoms with E-state index >= 15 is 0 Å². The number of anilines is 1. The Morgan fingerprint density at radius 2 is 2.26 bits per heavy atom. The summed E-state index contributed by atoms with van der Waals surface area (Å²) < 4.78 is 13.9. The Labute approximate surface area is 109 Å². The van der Waals surface area contributed by atoms with E-state index < -0.39 is 11.7 Å². The molecule has 0 aliphatic carbocycles. The van der Waals surface area contributed by atoms with Gasteiger partial charge >= 0.3 is 0 Å². The van der Waals surface area contributed by atoms with Gasteiger partial charge in [0.1, 0.15) is 6.54 Å². The van der Waals surface area contributed by atoms with Gasteiger partial charge < -0.3 is 15.2 Å². The molecular formula is C11H14FN5O2. The zero-order chi connectivity index (χ0) is 14.0. The molecule has 0 radical (unpaired) electrons. The van der Waals surface area contributed by atoms with Gasteiger partial charge in [0.2, 0.25) is 5.91 Å². The van der Waals surface area contributed by atoms with Crippen LogP contribution in [0.1, 0.15) is 10.4 Å². The molecule has 1 aromatic heterocycles. The van der Waals surface area contributed by atoms with Gasteiger partial charge in [-0.1, -0.05) is 0 Å². The predicted octanol–water partition coefficient (Wildman–Crippen LogP) is -0.580. The maximum atomic E-state index is 13.9. The third-order valence-electron chi connectivity index (χ3n) is 3.00. The predicted molar refractivity (Wildman–Crippen MR) is 65.5 cm³/mol. The molecule has 0 aromatic carbocycles. The van der Waals surface area contributed by atoms with Gasteiger partial charge in [0, 0.05) is 26.3 Å². The number of piperazine rings is 1. The molecule has 0 bridgehead atoms. The number of hydrogen-bond acceptors (Lipinski definition) is 5. The number of nitrogens with one attached hydrogen (secondary N) is 1. The molecule has 1 aliphatic rings. The van der Waals surface area contributed by atoms with Crippen molar-refractivity contribution in [2.24, 2.45) is 5.84 Å². The van der Waals surface area contributed by atoms with Gasteiger partial charge in [-0.3, -0.25) is 9.59 Å². The van der Waals surface area contributed by atoms with Gasteiger partial charge in [-0.15, -0.1) is 0 Å². The van der Waals surface area contributed by atoms with Gasteiger partial charge in [0.05, 0.1) is 5.56 Å². The molecule has 1 aliphatic heterocycles. The van der Waals surface area contributed by atoms with Gasteiger partial charge in [-0.2, -0.15) is 0 Å². The normalized spacial score (nSPS) is 15.6. The minimum Gasteiger partial charge on any atom is -0.342 e. The van der Waals surface area contributed by atoms with Gasteiger partial charge in [-0.25, -0.2) is 15.2 Å². The van der Waals surface area contributed by atoms with E-state index in [-0.39, 0.29) is 23.8 Å². The van der Waals surface area contributed by atoms with Crippen LogP contribution in [0.15, 0.2) is 12.3 Å². The molecule has 2 amide bonds. The largest absolute Gasteiger partial charge is 0.342 e. The number of halogens is 1. The summed E-state index contributed by atoms with van der Waals surface area (Å²) in [6, 6.07) is 1.27. The summed E-state index contributed by atoms with van der Waals surface area (Å²) >= 11 is 0. The van der Waals surface area contributed by atoms with Gasteiger partial charge in [0.15, 0.2) is 11.6 Å². The molecule has 1 aromatic rings. The van der Waals surface area contributed by atoms with Crippen LogP contribution in [0.5, 0.6) is 0 Å². The van der Waals surface area contributed by atoms with Crippen molar-refractivity contribution in [3.8, 4) is 0 Å². The van der Waals surface area contributed by atoms with E-state index in [0.717, 1.165) is 0 Å². The maximum Gasteiger partial charge on any atom is 0.257 e. The number of nitrogens with zero attached hydrogens (tertiary/aromatic N) is 3. The zero-order valence-corrected chi connectivity index (χ0v) is 10.4. The van der Waals surface area contributed by atoms with E-state index in [9.17, 15) is 14.0 Å². The highest BCUT2D eigenvalue weighted by Gasteiger charge is 2.27. The smallest absolute Gasteiger partial charge is 0.257 e. The van der Waals surface area contributed by atoms with Crippen molar-refractivity contribution in [1.29, 1.82) is 0 Å². The number of hydrazine groups is 1. The second-order valence-corrected chi connectivity index (χ2v) is 4.21. The fourth-order valence-corrected chi connectivity index (χ4v) is 1.81. The summed E-state index contributed by atoms with van der Waals surface area (Å²) in [5.74, 6) is 3.36. The maximum absolute atomic E-state index is 13.9. The Morgan fingerprint density at radius 3 is 2.89 bits per heavy atom. The minimum atomic E-state index is -0.818. The van der Waals surface area contributed by atoms with E-state index in [0.29, 0.717) is 13.1 Å². The minimum absolute atomic E-state index is 0.0531. The first-order valence-electron chi connectivity index (χ1n) is 5.69. The first-order valence-corrected chi connectivity index (χ1v) is 5.69. The van der Waals surface area contributed by atoms with Crippen LogP contribution in [-0.2, 0) is 4.79 Å². The van der Waals surface area contributed by atoms with Crippen molar-refractivity contribution in [3.05, 3.63) is 23.6 Å². The van der Waals surface area contributed by atoms with E-state index in [1.54, 1.807) is 7.05 Å². The molecule has 19 heavy (non-hydrogen) atoms. The van der Waals surface area contributed by atoms with E-state index in [1.807, 2.05) is 0 Å². The number of hydrogen-bond donors (Lipinski definition) is 2.